The SMILES string of the molecule is c1ccc(-c2c3cc4c5ccccc5c5cccc(c3c(-c3ccccc3)c3c6cccc7c(-c8ccc9c(c8)oc8ccccc89)ccc(c23)c76)c54)cc1. The van der Waals surface area contributed by atoms with Crippen LogP contribution in [0.25, 0.3) is 131 Å². The molecule has 0 N–H and O–H groups in total. The Morgan fingerprint density at radius 1 is 0.236 bits per heavy atom. The van der Waals surface area contributed by atoms with Gasteiger partial charge in [-0.3, -0.25) is 0 Å². The van der Waals surface area contributed by atoms with Gasteiger partial charge in [-0.25, -0.2) is 0 Å². The predicted molar refractivity (Wildman–Crippen MR) is 235 cm³/mol. The fourth-order valence-electron chi connectivity index (χ4n) is 10.2. The second-order valence-electron chi connectivity index (χ2n) is 15.1. The largest absolute Gasteiger partial charge is 0.456 e. The zero-order chi connectivity index (χ0) is 35.8. The Bertz CT molecular complexity index is 3680. The van der Waals surface area contributed by atoms with Crippen LogP contribution in [0.4, 0.5) is 0 Å². The lowest BCUT2D eigenvalue weighted by Crippen LogP contribution is -1.91. The molecule has 0 aliphatic heterocycles. The molecule has 0 aliphatic rings. The Hall–Kier alpha value is -7.22. The quantitative estimate of drug-likeness (QED) is 0.168. The van der Waals surface area contributed by atoms with Crippen molar-refractivity contribution < 1.29 is 4.42 Å². The lowest BCUT2D eigenvalue weighted by Gasteiger charge is -2.19. The highest BCUT2D eigenvalue weighted by Gasteiger charge is 2.27. The van der Waals surface area contributed by atoms with Gasteiger partial charge in [-0.1, -0.05) is 158 Å². The summed E-state index contributed by atoms with van der Waals surface area (Å²) in [5, 5.41) is 20.6. The minimum atomic E-state index is 0.916. The van der Waals surface area contributed by atoms with Crippen LogP contribution in [0.2, 0.25) is 0 Å². The molecule has 0 amide bonds. The molecule has 0 bridgehead atoms. The van der Waals surface area contributed by atoms with Crippen molar-refractivity contribution in [1.29, 1.82) is 0 Å². The van der Waals surface area contributed by atoms with Crippen molar-refractivity contribution in [2.45, 2.75) is 0 Å². The third kappa shape index (κ3) is 3.82. The molecule has 1 aromatic heterocycles. The summed E-state index contributed by atoms with van der Waals surface area (Å²) in [6, 6.07) is 67.2. The maximum atomic E-state index is 6.39. The standard InChI is InChI=1S/C54H30O/c1-3-13-31(14-4-1)48-45-30-44-36-18-8-7-17-35(36)40-21-12-22-41(51(40)44)52(45)49(32-15-5-2-6-16-32)54-42-23-11-20-39-34(27-28-43(50(39)42)53(48)54)33-25-26-38-37-19-9-10-24-46(37)55-47(38)29-33/h1-30H. The van der Waals surface area contributed by atoms with Gasteiger partial charge in [0.1, 0.15) is 11.2 Å². The molecule has 13 aromatic rings. The van der Waals surface area contributed by atoms with E-state index in [4.69, 9.17) is 4.42 Å². The number of fused-ring (bicyclic) bond motifs is 11. The van der Waals surface area contributed by atoms with E-state index >= 15 is 0 Å². The molecule has 0 spiro atoms. The van der Waals surface area contributed by atoms with Gasteiger partial charge in [0.15, 0.2) is 0 Å². The molecule has 0 saturated carbocycles. The molecule has 0 fully saturated rings. The molecule has 55 heavy (non-hydrogen) atoms. The van der Waals surface area contributed by atoms with Crippen molar-refractivity contribution in [3.63, 3.8) is 0 Å². The van der Waals surface area contributed by atoms with Crippen molar-refractivity contribution in [2.24, 2.45) is 0 Å². The van der Waals surface area contributed by atoms with Gasteiger partial charge in [-0.2, -0.15) is 0 Å². The normalized spacial score (nSPS) is 12.4. The van der Waals surface area contributed by atoms with Crippen LogP contribution < -0.4 is 0 Å². The molecule has 0 atom stereocenters. The highest BCUT2D eigenvalue weighted by molar-refractivity contribution is 6.45. The molecule has 0 aliphatic carbocycles. The molecule has 252 valence electrons. The van der Waals surface area contributed by atoms with Crippen LogP contribution in [0.3, 0.4) is 0 Å². The maximum absolute atomic E-state index is 6.39. The Labute approximate surface area is 315 Å². The molecule has 1 heterocycles. The van der Waals surface area contributed by atoms with Crippen molar-refractivity contribution >= 4 is 97.3 Å². The summed E-state index contributed by atoms with van der Waals surface area (Å²) in [5.41, 5.74) is 9.28. The fraction of sp³-hybridized carbons (Fsp3) is 0. The van der Waals surface area contributed by atoms with Crippen molar-refractivity contribution in [3.8, 4) is 33.4 Å². The number of furan rings is 1. The summed E-state index contributed by atoms with van der Waals surface area (Å²) in [6.07, 6.45) is 0. The number of hydrogen-bond donors (Lipinski definition) is 0. The van der Waals surface area contributed by atoms with Crippen LogP contribution in [0.1, 0.15) is 0 Å². The zero-order valence-corrected chi connectivity index (χ0v) is 29.7. The van der Waals surface area contributed by atoms with Crippen LogP contribution >= 0.6 is 0 Å². The van der Waals surface area contributed by atoms with Crippen LogP contribution in [-0.4, -0.2) is 0 Å². The average molecular weight is 695 g/mol. The van der Waals surface area contributed by atoms with E-state index in [0.717, 1.165) is 27.5 Å². The summed E-state index contributed by atoms with van der Waals surface area (Å²) >= 11 is 0. The lowest BCUT2D eigenvalue weighted by atomic mass is 9.84. The lowest BCUT2D eigenvalue weighted by molar-refractivity contribution is 0.669. The minimum absolute atomic E-state index is 0.916. The third-order valence-corrected chi connectivity index (χ3v) is 12.3. The first kappa shape index (κ1) is 29.3. The summed E-state index contributed by atoms with van der Waals surface area (Å²) in [4.78, 5) is 0. The van der Waals surface area contributed by atoms with E-state index in [-0.39, 0.29) is 0 Å². The topological polar surface area (TPSA) is 13.1 Å². The van der Waals surface area contributed by atoms with E-state index in [1.165, 1.54) is 103 Å². The Morgan fingerprint density at radius 3 is 1.55 bits per heavy atom. The van der Waals surface area contributed by atoms with E-state index in [0.29, 0.717) is 0 Å². The van der Waals surface area contributed by atoms with Crippen LogP contribution in [0, 0.1) is 0 Å². The Balaban J connectivity index is 1.25. The number of hydrogen-bond acceptors (Lipinski definition) is 1. The van der Waals surface area contributed by atoms with Gasteiger partial charge < -0.3 is 4.42 Å². The molecule has 13 rings (SSSR count). The van der Waals surface area contributed by atoms with Gasteiger partial charge in [0.2, 0.25) is 0 Å². The minimum Gasteiger partial charge on any atom is -0.456 e. The van der Waals surface area contributed by atoms with Gasteiger partial charge >= 0.3 is 0 Å². The molecule has 1 heteroatoms. The van der Waals surface area contributed by atoms with E-state index < -0.39 is 0 Å². The second kappa shape index (κ2) is 10.7. The van der Waals surface area contributed by atoms with Crippen LogP contribution in [0.15, 0.2) is 186 Å². The van der Waals surface area contributed by atoms with Gasteiger partial charge in [-0.15, -0.1) is 0 Å². The first-order valence-corrected chi connectivity index (χ1v) is 19.1. The summed E-state index contributed by atoms with van der Waals surface area (Å²) in [6.45, 7) is 0. The first-order valence-electron chi connectivity index (χ1n) is 19.1. The molecular weight excluding hydrogens is 665 g/mol. The van der Waals surface area contributed by atoms with Crippen molar-refractivity contribution in [3.05, 3.63) is 182 Å². The van der Waals surface area contributed by atoms with E-state index in [2.05, 4.69) is 176 Å². The average Bonchev–Trinajstić information content (AvgIpc) is 3.90. The summed E-state index contributed by atoms with van der Waals surface area (Å²) < 4.78 is 6.39. The summed E-state index contributed by atoms with van der Waals surface area (Å²) in [5.74, 6) is 0. The Morgan fingerprint density at radius 2 is 0.764 bits per heavy atom. The van der Waals surface area contributed by atoms with Crippen molar-refractivity contribution in [2.75, 3.05) is 0 Å². The van der Waals surface area contributed by atoms with Crippen LogP contribution in [-0.2, 0) is 0 Å². The summed E-state index contributed by atoms with van der Waals surface area (Å²) in [7, 11) is 0. The molecule has 0 radical (unpaired) electrons. The van der Waals surface area contributed by atoms with Gasteiger partial charge in [0.05, 0.1) is 0 Å². The molecule has 1 nitrogen and oxygen atoms in total. The zero-order valence-electron chi connectivity index (χ0n) is 29.7. The fourth-order valence-corrected chi connectivity index (χ4v) is 10.2. The molecule has 0 unspecified atom stereocenters. The predicted octanol–water partition coefficient (Wildman–Crippen LogP) is 15.5. The van der Waals surface area contributed by atoms with E-state index in [1.807, 2.05) is 6.07 Å². The van der Waals surface area contributed by atoms with Gasteiger partial charge in [0.25, 0.3) is 0 Å². The van der Waals surface area contributed by atoms with Crippen molar-refractivity contribution in [1.82, 2.24) is 0 Å². The Kier molecular flexibility index (Phi) is 5.69. The smallest absolute Gasteiger partial charge is 0.136 e. The third-order valence-electron chi connectivity index (χ3n) is 12.3. The highest BCUT2D eigenvalue weighted by Crippen LogP contribution is 2.55. The molecule has 12 aromatic carbocycles. The van der Waals surface area contributed by atoms with Gasteiger partial charge in [0, 0.05) is 10.8 Å². The number of rotatable bonds is 3. The van der Waals surface area contributed by atoms with Gasteiger partial charge in [-0.05, 0) is 133 Å². The highest BCUT2D eigenvalue weighted by atomic mass is 16.3. The number of benzene rings is 10. The van der Waals surface area contributed by atoms with E-state index in [1.54, 1.807) is 0 Å². The monoisotopic (exact) mass is 694 g/mol. The molecule has 0 saturated heterocycles. The number of para-hydroxylation sites is 1. The second-order valence-corrected chi connectivity index (χ2v) is 15.1. The maximum Gasteiger partial charge on any atom is 0.136 e. The van der Waals surface area contributed by atoms with Crippen LogP contribution in [0.5, 0.6) is 0 Å². The van der Waals surface area contributed by atoms with E-state index in [9.17, 15) is 0 Å². The first-order chi connectivity index (χ1) is 27.3. The molecular formula is C54H30O.